The molecule has 7 heteroatoms. The van der Waals surface area contributed by atoms with Gasteiger partial charge in [0.25, 0.3) is 5.91 Å². The van der Waals surface area contributed by atoms with Gasteiger partial charge in [-0.3, -0.25) is 15.0 Å². The second-order valence-corrected chi connectivity index (χ2v) is 8.51. The average Bonchev–Trinajstić information content (AvgIpc) is 2.91. The number of hydrogen-bond donors (Lipinski definition) is 2. The highest BCUT2D eigenvalue weighted by molar-refractivity contribution is 8.00. The summed E-state index contributed by atoms with van der Waals surface area (Å²) in [6, 6.07) is 15.1. The van der Waals surface area contributed by atoms with Gasteiger partial charge >= 0.3 is 6.03 Å². The van der Waals surface area contributed by atoms with E-state index >= 15 is 0 Å². The average molecular weight is 412 g/mol. The van der Waals surface area contributed by atoms with Crippen LogP contribution in [0.5, 0.6) is 0 Å². The van der Waals surface area contributed by atoms with Gasteiger partial charge in [0.15, 0.2) is 0 Å². The molecule has 1 aliphatic heterocycles. The van der Waals surface area contributed by atoms with Crippen LogP contribution in [0.2, 0.25) is 0 Å². The zero-order chi connectivity index (χ0) is 21.0. The minimum atomic E-state index is -1.04. The molecule has 1 heterocycles. The molecule has 0 spiro atoms. The summed E-state index contributed by atoms with van der Waals surface area (Å²) in [7, 11) is 0. The van der Waals surface area contributed by atoms with Crippen molar-refractivity contribution in [3.8, 4) is 0 Å². The minimum absolute atomic E-state index is 0.111. The van der Waals surface area contributed by atoms with E-state index in [4.69, 9.17) is 0 Å². The molecule has 0 aliphatic carbocycles. The van der Waals surface area contributed by atoms with Crippen LogP contribution in [0.15, 0.2) is 53.4 Å². The van der Waals surface area contributed by atoms with Gasteiger partial charge in [-0.05, 0) is 62.4 Å². The molecule has 1 atom stereocenters. The number of imide groups is 1. The van der Waals surface area contributed by atoms with Gasteiger partial charge in [-0.25, -0.2) is 4.79 Å². The molecule has 1 saturated heterocycles. The van der Waals surface area contributed by atoms with E-state index in [0.29, 0.717) is 12.8 Å². The van der Waals surface area contributed by atoms with Crippen LogP contribution in [0, 0.1) is 13.8 Å². The fourth-order valence-corrected chi connectivity index (χ4v) is 3.89. The predicted octanol–water partition coefficient (Wildman–Crippen LogP) is 3.37. The molecule has 3 rings (SSSR count). The number of nitrogens with zero attached hydrogens (tertiary/aromatic N) is 1. The molecule has 6 nitrogen and oxygen atoms in total. The Kier molecular flexibility index (Phi) is 6.27. The first-order valence-corrected chi connectivity index (χ1v) is 10.5. The Labute approximate surface area is 175 Å². The topological polar surface area (TPSA) is 78.5 Å². The molecule has 29 heavy (non-hydrogen) atoms. The number of carbonyl (C=O) groups is 3. The van der Waals surface area contributed by atoms with Crippen molar-refractivity contribution in [2.24, 2.45) is 0 Å². The van der Waals surface area contributed by atoms with Crippen LogP contribution in [-0.2, 0) is 16.0 Å². The lowest BCUT2D eigenvalue weighted by atomic mass is 9.93. The normalized spacial score (nSPS) is 18.7. The van der Waals surface area contributed by atoms with Crippen molar-refractivity contribution in [2.45, 2.75) is 44.0 Å². The number of nitrogens with one attached hydrogen (secondary N) is 2. The third-order valence-electron chi connectivity index (χ3n) is 5.10. The fourth-order valence-electron chi connectivity index (χ4n) is 3.10. The standard InChI is InChI=1S/C22H25N3O3S/c1-15-9-10-18(13-16(15)2)29-14-19(26)24-25-20(27)22(3,23-21(25)28)12-11-17-7-5-4-6-8-17/h4-10,13H,11-12,14H2,1-3H3,(H,23,28)(H,24,26)/t22-/m0/s1. The number of hydrogen-bond acceptors (Lipinski definition) is 4. The first-order valence-electron chi connectivity index (χ1n) is 9.49. The maximum Gasteiger partial charge on any atom is 0.344 e. The van der Waals surface area contributed by atoms with Crippen LogP contribution < -0.4 is 10.7 Å². The summed E-state index contributed by atoms with van der Waals surface area (Å²) in [4.78, 5) is 38.3. The van der Waals surface area contributed by atoms with E-state index in [-0.39, 0.29) is 5.75 Å². The van der Waals surface area contributed by atoms with E-state index in [2.05, 4.69) is 10.7 Å². The zero-order valence-electron chi connectivity index (χ0n) is 16.8. The number of benzene rings is 2. The summed E-state index contributed by atoms with van der Waals surface area (Å²) < 4.78 is 0. The monoisotopic (exact) mass is 411 g/mol. The van der Waals surface area contributed by atoms with Gasteiger partial charge in [-0.1, -0.05) is 36.4 Å². The van der Waals surface area contributed by atoms with E-state index in [1.165, 1.54) is 17.3 Å². The quantitative estimate of drug-likeness (QED) is 0.541. The Morgan fingerprint density at radius 1 is 1.10 bits per heavy atom. The SMILES string of the molecule is Cc1ccc(SCC(=O)NN2C(=O)N[C@@](C)(CCc3ccccc3)C2=O)cc1C. The maximum absolute atomic E-state index is 12.8. The van der Waals surface area contributed by atoms with Gasteiger partial charge in [-0.2, -0.15) is 5.01 Å². The number of urea groups is 1. The van der Waals surface area contributed by atoms with Crippen molar-refractivity contribution < 1.29 is 14.4 Å². The second kappa shape index (κ2) is 8.69. The summed E-state index contributed by atoms with van der Waals surface area (Å²) in [5.41, 5.74) is 4.83. The Balaban J connectivity index is 1.56. The first-order chi connectivity index (χ1) is 13.8. The van der Waals surface area contributed by atoms with Crippen molar-refractivity contribution in [2.75, 3.05) is 5.75 Å². The highest BCUT2D eigenvalue weighted by atomic mass is 32.2. The van der Waals surface area contributed by atoms with E-state index in [1.54, 1.807) is 6.92 Å². The number of carbonyl (C=O) groups excluding carboxylic acids is 3. The molecule has 1 aliphatic rings. The minimum Gasteiger partial charge on any atom is -0.322 e. The van der Waals surface area contributed by atoms with Crippen molar-refractivity contribution in [1.29, 1.82) is 0 Å². The van der Waals surface area contributed by atoms with Crippen molar-refractivity contribution in [3.05, 3.63) is 65.2 Å². The summed E-state index contributed by atoms with van der Waals surface area (Å²) in [6.07, 6.45) is 1.10. The largest absolute Gasteiger partial charge is 0.344 e. The summed E-state index contributed by atoms with van der Waals surface area (Å²) in [6.45, 7) is 5.73. The molecular weight excluding hydrogens is 386 g/mol. The van der Waals surface area contributed by atoms with Crippen LogP contribution in [0.25, 0.3) is 0 Å². The lowest BCUT2D eigenvalue weighted by Crippen LogP contribution is -2.49. The van der Waals surface area contributed by atoms with E-state index in [1.807, 2.05) is 62.4 Å². The van der Waals surface area contributed by atoms with Crippen LogP contribution in [0.3, 0.4) is 0 Å². The Morgan fingerprint density at radius 2 is 1.83 bits per heavy atom. The van der Waals surface area contributed by atoms with Crippen molar-refractivity contribution in [3.63, 3.8) is 0 Å². The highest BCUT2D eigenvalue weighted by Crippen LogP contribution is 2.23. The number of rotatable bonds is 7. The molecule has 2 aromatic rings. The lowest BCUT2D eigenvalue weighted by Gasteiger charge is -2.21. The number of thioether (sulfide) groups is 1. The molecule has 0 radical (unpaired) electrons. The van der Waals surface area contributed by atoms with Crippen LogP contribution in [0.1, 0.15) is 30.0 Å². The highest BCUT2D eigenvalue weighted by Gasteiger charge is 2.48. The molecule has 0 aromatic heterocycles. The van der Waals surface area contributed by atoms with E-state index in [0.717, 1.165) is 21.0 Å². The van der Waals surface area contributed by atoms with Crippen molar-refractivity contribution >= 4 is 29.6 Å². The first kappa shape index (κ1) is 20.9. The Hall–Kier alpha value is -2.80. The fraction of sp³-hybridized carbons (Fsp3) is 0.318. The third kappa shape index (κ3) is 4.98. The Morgan fingerprint density at radius 3 is 2.52 bits per heavy atom. The molecule has 0 bridgehead atoms. The van der Waals surface area contributed by atoms with Gasteiger partial charge in [0.05, 0.1) is 5.75 Å². The summed E-state index contributed by atoms with van der Waals surface area (Å²) in [5, 5.41) is 3.51. The number of aryl methyl sites for hydroxylation is 3. The van der Waals surface area contributed by atoms with Gasteiger partial charge in [0, 0.05) is 4.90 Å². The van der Waals surface area contributed by atoms with Gasteiger partial charge in [0.2, 0.25) is 5.91 Å². The van der Waals surface area contributed by atoms with Crippen LogP contribution in [0.4, 0.5) is 4.79 Å². The van der Waals surface area contributed by atoms with Crippen molar-refractivity contribution in [1.82, 2.24) is 15.8 Å². The summed E-state index contributed by atoms with van der Waals surface area (Å²) >= 11 is 1.36. The van der Waals surface area contributed by atoms with Gasteiger partial charge in [-0.15, -0.1) is 11.8 Å². The third-order valence-corrected chi connectivity index (χ3v) is 6.10. The predicted molar refractivity (Wildman–Crippen MR) is 113 cm³/mol. The van der Waals surface area contributed by atoms with E-state index in [9.17, 15) is 14.4 Å². The lowest BCUT2D eigenvalue weighted by molar-refractivity contribution is -0.138. The smallest absolute Gasteiger partial charge is 0.322 e. The number of amides is 4. The molecule has 152 valence electrons. The second-order valence-electron chi connectivity index (χ2n) is 7.46. The van der Waals surface area contributed by atoms with E-state index < -0.39 is 23.4 Å². The zero-order valence-corrected chi connectivity index (χ0v) is 17.6. The molecule has 2 aromatic carbocycles. The summed E-state index contributed by atoms with van der Waals surface area (Å²) in [5.74, 6) is -0.729. The molecule has 1 fully saturated rings. The molecule has 2 N–H and O–H groups in total. The van der Waals surface area contributed by atoms with Gasteiger partial charge < -0.3 is 5.32 Å². The number of hydrazine groups is 1. The Bertz CT molecular complexity index is 932. The maximum atomic E-state index is 12.8. The van der Waals surface area contributed by atoms with Crippen LogP contribution in [-0.4, -0.2) is 34.1 Å². The molecule has 0 saturated carbocycles. The van der Waals surface area contributed by atoms with Gasteiger partial charge in [0.1, 0.15) is 5.54 Å². The molecular formula is C22H25N3O3S. The molecule has 4 amide bonds. The van der Waals surface area contributed by atoms with Crippen LogP contribution >= 0.6 is 11.8 Å². The molecule has 0 unspecified atom stereocenters.